The number of carboxylic acid groups (broad SMARTS) is 1. The summed E-state index contributed by atoms with van der Waals surface area (Å²) in [7, 11) is 4.18. The first-order valence-electron chi connectivity index (χ1n) is 17.5. The number of fused-ring (bicyclic) bond motifs is 1. The maximum atomic E-state index is 11.9. The number of hydrogen-bond acceptors (Lipinski definition) is 7. The van der Waals surface area contributed by atoms with Crippen molar-refractivity contribution in [3.8, 4) is 0 Å². The summed E-state index contributed by atoms with van der Waals surface area (Å²) in [5, 5.41) is 18.5. The van der Waals surface area contributed by atoms with Crippen LogP contribution in [-0.4, -0.2) is 68.4 Å². The summed E-state index contributed by atoms with van der Waals surface area (Å²) < 4.78 is 2.03. The van der Waals surface area contributed by atoms with E-state index in [1.165, 1.54) is 29.7 Å². The Morgan fingerprint density at radius 3 is 2.59 bits per heavy atom. The summed E-state index contributed by atoms with van der Waals surface area (Å²) >= 11 is 0. The molecule has 3 heterocycles. The van der Waals surface area contributed by atoms with Gasteiger partial charge in [0.2, 0.25) is 5.95 Å². The zero-order chi connectivity index (χ0) is 32.2. The molecule has 9 heteroatoms. The van der Waals surface area contributed by atoms with E-state index >= 15 is 0 Å². The Morgan fingerprint density at radius 1 is 1.17 bits per heavy atom. The molecule has 1 aliphatic heterocycles. The van der Waals surface area contributed by atoms with Crippen molar-refractivity contribution in [3.63, 3.8) is 0 Å². The Kier molecular flexibility index (Phi) is 8.10. The second kappa shape index (κ2) is 12.0. The van der Waals surface area contributed by atoms with Crippen molar-refractivity contribution in [2.45, 2.75) is 96.6 Å². The first-order valence-corrected chi connectivity index (χ1v) is 17.5. The van der Waals surface area contributed by atoms with Gasteiger partial charge in [0.05, 0.1) is 28.5 Å². The number of anilines is 2. The maximum absolute atomic E-state index is 11.9. The summed E-state index contributed by atoms with van der Waals surface area (Å²) in [6.07, 6.45) is 8.66. The van der Waals surface area contributed by atoms with E-state index in [0.717, 1.165) is 87.7 Å². The summed E-state index contributed by atoms with van der Waals surface area (Å²) in [5.74, 6) is 2.20. The molecular weight excluding hydrogens is 574 g/mol. The number of piperidine rings is 1. The van der Waals surface area contributed by atoms with Gasteiger partial charge in [0.25, 0.3) is 0 Å². The highest BCUT2D eigenvalue weighted by atomic mass is 16.4. The molecule has 4 atom stereocenters. The van der Waals surface area contributed by atoms with Crippen LogP contribution in [0.3, 0.4) is 0 Å². The summed E-state index contributed by atoms with van der Waals surface area (Å²) in [6.45, 7) is 9.77. The molecule has 2 bridgehead atoms. The predicted molar refractivity (Wildman–Crippen MR) is 181 cm³/mol. The number of nitrogens with one attached hydrogen (secondary N) is 1. The molecule has 0 amide bonds. The lowest BCUT2D eigenvalue weighted by Gasteiger charge is -2.71. The molecule has 9 nitrogen and oxygen atoms in total. The van der Waals surface area contributed by atoms with Gasteiger partial charge >= 0.3 is 5.97 Å². The van der Waals surface area contributed by atoms with Crippen LogP contribution < -0.4 is 10.2 Å². The minimum absolute atomic E-state index is 0.0285. The largest absolute Gasteiger partial charge is 0.481 e. The molecule has 0 unspecified atom stereocenters. The van der Waals surface area contributed by atoms with E-state index in [0.29, 0.717) is 11.8 Å². The Labute approximate surface area is 273 Å². The summed E-state index contributed by atoms with van der Waals surface area (Å²) in [5.41, 5.74) is 5.51. The van der Waals surface area contributed by atoms with E-state index in [1.54, 1.807) is 0 Å². The lowest BCUT2D eigenvalue weighted by molar-refractivity contribution is -0.230. The fourth-order valence-corrected chi connectivity index (χ4v) is 9.63. The molecule has 8 rings (SSSR count). The lowest BCUT2D eigenvalue weighted by Crippen LogP contribution is -2.72. The van der Waals surface area contributed by atoms with Crippen LogP contribution in [0, 0.1) is 23.7 Å². The fraction of sp³-hybridized carbons (Fsp3) is 0.622. The van der Waals surface area contributed by atoms with Gasteiger partial charge in [0, 0.05) is 38.8 Å². The van der Waals surface area contributed by atoms with E-state index in [9.17, 15) is 9.90 Å². The van der Waals surface area contributed by atoms with E-state index in [1.807, 2.05) is 4.68 Å². The number of aryl methyl sites for hydroxylation is 3. The number of rotatable bonds is 11. The highest BCUT2D eigenvalue weighted by Gasteiger charge is 2.74. The van der Waals surface area contributed by atoms with Crippen molar-refractivity contribution in [3.05, 3.63) is 64.6 Å². The molecule has 2 aromatic heterocycles. The third-order valence-corrected chi connectivity index (χ3v) is 11.8. The summed E-state index contributed by atoms with van der Waals surface area (Å²) in [4.78, 5) is 27.4. The minimum atomic E-state index is -0.629. The van der Waals surface area contributed by atoms with E-state index in [2.05, 4.69) is 86.4 Å². The van der Waals surface area contributed by atoms with E-state index < -0.39 is 11.4 Å². The number of likely N-dealkylation sites (tertiary alicyclic amines) is 1. The van der Waals surface area contributed by atoms with Gasteiger partial charge < -0.3 is 20.2 Å². The quantitative estimate of drug-likeness (QED) is 0.262. The van der Waals surface area contributed by atoms with Crippen LogP contribution in [0.15, 0.2) is 36.4 Å². The number of nitrogens with zero attached hydrogens (tertiary/aromatic N) is 6. The smallest absolute Gasteiger partial charge is 0.309 e. The zero-order valence-electron chi connectivity index (χ0n) is 28.3. The average molecular weight is 626 g/mol. The number of hydrogen-bond donors (Lipinski definition) is 2. The van der Waals surface area contributed by atoms with Gasteiger partial charge in [-0.25, -0.2) is 4.98 Å². The molecule has 4 aliphatic carbocycles. The van der Waals surface area contributed by atoms with Gasteiger partial charge in [-0.2, -0.15) is 10.1 Å². The Bertz CT molecular complexity index is 1570. The fourth-order valence-electron chi connectivity index (χ4n) is 9.63. The molecule has 5 aliphatic rings. The first kappa shape index (κ1) is 31.2. The predicted octanol–water partition coefficient (Wildman–Crippen LogP) is 6.15. The normalized spacial score (nSPS) is 28.4. The van der Waals surface area contributed by atoms with Crippen molar-refractivity contribution in [1.29, 1.82) is 0 Å². The number of carboxylic acids is 1. The molecule has 46 heavy (non-hydrogen) atoms. The molecule has 3 saturated carbocycles. The standard InChI is InChI=1S/C37H51N7O2/c1-6-32(36-21-37(22-36,23-36)34(45)46)42(4)35-39-29-15-14-27(26-12-8-7-9-13-26)18-28(29)33(40-35)38-30(31-17-25(3)41-43(31)5)20-44-16-10-11-24(2)19-44/h7-9,12-13,17,24,27,30,32H,6,10-11,14-16,18-23H2,1-5H3,(H,45,46)(H,38,39,40)/t24-,27+,30-,32+,36?,37?/m0/s1. The van der Waals surface area contributed by atoms with E-state index in [-0.39, 0.29) is 17.5 Å². The minimum Gasteiger partial charge on any atom is -0.481 e. The van der Waals surface area contributed by atoms with Crippen molar-refractivity contribution >= 4 is 17.7 Å². The Hall–Kier alpha value is -3.46. The molecule has 2 N–H and O–H groups in total. The second-order valence-electron chi connectivity index (χ2n) is 15.2. The molecule has 0 spiro atoms. The zero-order valence-corrected chi connectivity index (χ0v) is 28.3. The van der Waals surface area contributed by atoms with Crippen LogP contribution in [0.1, 0.15) is 99.0 Å². The number of benzene rings is 1. The van der Waals surface area contributed by atoms with Gasteiger partial charge in [0.15, 0.2) is 0 Å². The van der Waals surface area contributed by atoms with Crippen LogP contribution >= 0.6 is 0 Å². The number of aliphatic carboxylic acids is 1. The van der Waals surface area contributed by atoms with Gasteiger partial charge in [-0.05, 0) is 100 Å². The second-order valence-corrected chi connectivity index (χ2v) is 15.2. The third kappa shape index (κ3) is 5.48. The molecular formula is C37H51N7O2. The molecule has 1 aromatic carbocycles. The van der Waals surface area contributed by atoms with Gasteiger partial charge in [-0.15, -0.1) is 0 Å². The number of carbonyl (C=O) groups is 1. The van der Waals surface area contributed by atoms with Crippen LogP contribution in [0.4, 0.5) is 11.8 Å². The Balaban J connectivity index is 1.24. The highest BCUT2D eigenvalue weighted by Crippen LogP contribution is 2.75. The molecule has 0 radical (unpaired) electrons. The van der Waals surface area contributed by atoms with Gasteiger partial charge in [-0.3, -0.25) is 9.48 Å². The van der Waals surface area contributed by atoms with Crippen molar-refractivity contribution in [1.82, 2.24) is 24.6 Å². The first-order chi connectivity index (χ1) is 22.1. The lowest BCUT2D eigenvalue weighted by atomic mass is 9.33. The topological polar surface area (TPSA) is 99.4 Å². The maximum Gasteiger partial charge on any atom is 0.309 e. The van der Waals surface area contributed by atoms with Crippen molar-refractivity contribution < 1.29 is 9.90 Å². The molecule has 3 aromatic rings. The summed E-state index contributed by atoms with van der Waals surface area (Å²) in [6, 6.07) is 13.3. The molecule has 4 fully saturated rings. The molecule has 246 valence electrons. The van der Waals surface area contributed by atoms with Crippen molar-refractivity contribution in [2.75, 3.05) is 36.9 Å². The van der Waals surface area contributed by atoms with Crippen LogP contribution in [0.25, 0.3) is 0 Å². The third-order valence-electron chi connectivity index (χ3n) is 11.8. The van der Waals surface area contributed by atoms with E-state index in [4.69, 9.17) is 15.1 Å². The van der Waals surface area contributed by atoms with Crippen LogP contribution in [0.5, 0.6) is 0 Å². The SMILES string of the molecule is CC[C@@H](N(C)c1nc2c(c(N[C@@H](CN3CCC[C@H](C)C3)c3cc(C)nn3C)n1)C[C@H](c1ccccc1)CC2)C12CC(C(=O)O)(C1)C2. The average Bonchev–Trinajstić information content (AvgIpc) is 3.34. The van der Waals surface area contributed by atoms with Crippen LogP contribution in [-0.2, 0) is 24.7 Å². The Morgan fingerprint density at radius 2 is 1.93 bits per heavy atom. The molecule has 1 saturated heterocycles. The van der Waals surface area contributed by atoms with Crippen LogP contribution in [0.2, 0.25) is 0 Å². The van der Waals surface area contributed by atoms with Gasteiger partial charge in [-0.1, -0.05) is 44.2 Å². The number of aromatic nitrogens is 4. The monoisotopic (exact) mass is 625 g/mol. The van der Waals surface area contributed by atoms with Crippen molar-refractivity contribution in [2.24, 2.45) is 23.8 Å². The van der Waals surface area contributed by atoms with Gasteiger partial charge in [0.1, 0.15) is 5.82 Å². The highest BCUT2D eigenvalue weighted by molar-refractivity contribution is 5.79.